The standard InChI is InChI=1S/C6H11F2NO3S/c1-4(6(2,7)8)5(10)9-13(3,11)12/h4H,1-3H3,(H,9,10). The van der Waals surface area contributed by atoms with Crippen LogP contribution < -0.4 is 4.72 Å². The quantitative estimate of drug-likeness (QED) is 0.739. The number of sulfonamides is 1. The fourth-order valence-electron chi connectivity index (χ4n) is 0.501. The molecule has 0 aliphatic rings. The lowest BCUT2D eigenvalue weighted by molar-refractivity contribution is -0.134. The molecular formula is C6H11F2NO3S. The number of nitrogens with one attached hydrogen (secondary N) is 1. The number of carbonyl (C=O) groups excluding carboxylic acids is 1. The predicted molar refractivity (Wildman–Crippen MR) is 42.8 cm³/mol. The maximum absolute atomic E-state index is 12.5. The number of alkyl halides is 2. The zero-order valence-corrected chi connectivity index (χ0v) is 8.28. The van der Waals surface area contributed by atoms with E-state index in [1.54, 1.807) is 0 Å². The molecule has 0 aromatic carbocycles. The van der Waals surface area contributed by atoms with Gasteiger partial charge in [-0.2, -0.15) is 0 Å². The second kappa shape index (κ2) is 3.57. The third kappa shape index (κ3) is 4.76. The van der Waals surface area contributed by atoms with Crippen molar-refractivity contribution in [2.24, 2.45) is 5.92 Å². The van der Waals surface area contributed by atoms with E-state index < -0.39 is 27.8 Å². The minimum absolute atomic E-state index is 0.555. The van der Waals surface area contributed by atoms with E-state index in [9.17, 15) is 22.0 Å². The van der Waals surface area contributed by atoms with E-state index in [1.165, 1.54) is 4.72 Å². The number of rotatable bonds is 3. The summed E-state index contributed by atoms with van der Waals surface area (Å²) >= 11 is 0. The molecule has 1 atom stereocenters. The average molecular weight is 215 g/mol. The van der Waals surface area contributed by atoms with Crippen LogP contribution >= 0.6 is 0 Å². The Labute approximate surface area is 75.4 Å². The minimum atomic E-state index is -3.76. The highest BCUT2D eigenvalue weighted by molar-refractivity contribution is 7.89. The molecule has 1 amide bonds. The van der Waals surface area contributed by atoms with Crippen molar-refractivity contribution in [3.8, 4) is 0 Å². The number of hydrogen-bond donors (Lipinski definition) is 1. The van der Waals surface area contributed by atoms with Crippen molar-refractivity contribution in [3.63, 3.8) is 0 Å². The Morgan fingerprint density at radius 3 is 2.08 bits per heavy atom. The fourth-order valence-corrected chi connectivity index (χ4v) is 1.04. The number of carbonyl (C=O) groups is 1. The molecule has 7 heteroatoms. The lowest BCUT2D eigenvalue weighted by atomic mass is 10.1. The molecule has 0 bridgehead atoms. The Morgan fingerprint density at radius 2 is 1.85 bits per heavy atom. The maximum Gasteiger partial charge on any atom is 0.256 e. The van der Waals surface area contributed by atoms with E-state index in [0.29, 0.717) is 6.92 Å². The predicted octanol–water partition coefficient (Wildman–Crippen LogP) is 0.353. The van der Waals surface area contributed by atoms with E-state index in [0.717, 1.165) is 13.2 Å². The second-order valence-corrected chi connectivity index (χ2v) is 4.66. The van der Waals surface area contributed by atoms with Gasteiger partial charge in [-0.15, -0.1) is 0 Å². The monoisotopic (exact) mass is 215 g/mol. The highest BCUT2D eigenvalue weighted by atomic mass is 32.2. The third-order valence-electron chi connectivity index (χ3n) is 1.44. The lowest BCUT2D eigenvalue weighted by Gasteiger charge is -2.17. The molecule has 1 N–H and O–H groups in total. The molecule has 0 heterocycles. The van der Waals surface area contributed by atoms with Crippen LogP contribution in [0.3, 0.4) is 0 Å². The minimum Gasteiger partial charge on any atom is -0.273 e. The van der Waals surface area contributed by atoms with Crippen molar-refractivity contribution in [3.05, 3.63) is 0 Å². The van der Waals surface area contributed by atoms with Gasteiger partial charge in [0.05, 0.1) is 12.2 Å². The van der Waals surface area contributed by atoms with Crippen LogP contribution in [0.4, 0.5) is 8.78 Å². The van der Waals surface area contributed by atoms with Crippen LogP contribution in [-0.4, -0.2) is 26.5 Å². The molecular weight excluding hydrogens is 204 g/mol. The zero-order chi connectivity index (χ0) is 10.9. The summed E-state index contributed by atoms with van der Waals surface area (Å²) in [5.74, 6) is -6.09. The molecule has 0 aliphatic carbocycles. The molecule has 0 fully saturated rings. The topological polar surface area (TPSA) is 63.2 Å². The van der Waals surface area contributed by atoms with Gasteiger partial charge in [0, 0.05) is 6.92 Å². The van der Waals surface area contributed by atoms with Crippen molar-refractivity contribution in [2.75, 3.05) is 6.26 Å². The summed E-state index contributed by atoms with van der Waals surface area (Å²) < 4.78 is 47.4. The summed E-state index contributed by atoms with van der Waals surface area (Å²) in [6.07, 6.45) is 0.728. The highest BCUT2D eigenvalue weighted by Crippen LogP contribution is 2.23. The van der Waals surface area contributed by atoms with Crippen LogP contribution in [-0.2, 0) is 14.8 Å². The SMILES string of the molecule is CC(C(=O)NS(C)(=O)=O)C(C)(F)F. The van der Waals surface area contributed by atoms with Crippen molar-refractivity contribution in [1.29, 1.82) is 0 Å². The molecule has 4 nitrogen and oxygen atoms in total. The third-order valence-corrected chi connectivity index (χ3v) is 2.01. The molecule has 0 aliphatic heterocycles. The van der Waals surface area contributed by atoms with Gasteiger partial charge in [-0.25, -0.2) is 17.2 Å². The van der Waals surface area contributed by atoms with Crippen molar-refractivity contribution in [1.82, 2.24) is 4.72 Å². The van der Waals surface area contributed by atoms with Gasteiger partial charge in [0.1, 0.15) is 0 Å². The van der Waals surface area contributed by atoms with Crippen molar-refractivity contribution < 1.29 is 22.0 Å². The second-order valence-electron chi connectivity index (χ2n) is 2.92. The van der Waals surface area contributed by atoms with Gasteiger partial charge in [0.25, 0.3) is 5.92 Å². The van der Waals surface area contributed by atoms with Gasteiger partial charge in [-0.3, -0.25) is 9.52 Å². The van der Waals surface area contributed by atoms with Crippen LogP contribution in [0.2, 0.25) is 0 Å². The van der Waals surface area contributed by atoms with Gasteiger partial charge in [0.15, 0.2) is 0 Å². The van der Waals surface area contributed by atoms with E-state index >= 15 is 0 Å². The Balaban J connectivity index is 4.48. The summed E-state index contributed by atoms with van der Waals surface area (Å²) in [6.45, 7) is 1.51. The molecule has 0 rings (SSSR count). The lowest BCUT2D eigenvalue weighted by Crippen LogP contribution is -2.40. The molecule has 0 saturated carbocycles. The molecule has 0 spiro atoms. The molecule has 0 aromatic heterocycles. The van der Waals surface area contributed by atoms with Gasteiger partial charge in [0.2, 0.25) is 15.9 Å². The molecule has 1 unspecified atom stereocenters. The zero-order valence-electron chi connectivity index (χ0n) is 7.47. The Morgan fingerprint density at radius 1 is 1.46 bits per heavy atom. The summed E-state index contributed by atoms with van der Waals surface area (Å²) in [7, 11) is -3.76. The number of amides is 1. The average Bonchev–Trinajstić information content (AvgIpc) is 1.79. The van der Waals surface area contributed by atoms with Crippen LogP contribution in [0.5, 0.6) is 0 Å². The largest absolute Gasteiger partial charge is 0.273 e. The molecule has 0 saturated heterocycles. The van der Waals surface area contributed by atoms with E-state index in [-0.39, 0.29) is 0 Å². The molecule has 13 heavy (non-hydrogen) atoms. The summed E-state index contributed by atoms with van der Waals surface area (Å²) in [4.78, 5) is 10.8. The normalized spacial score (nSPS) is 15.2. The first-order valence-corrected chi connectivity index (χ1v) is 5.32. The van der Waals surface area contributed by atoms with Crippen molar-refractivity contribution >= 4 is 15.9 Å². The van der Waals surface area contributed by atoms with Crippen LogP contribution in [0, 0.1) is 5.92 Å². The Kier molecular flexibility index (Phi) is 3.37. The molecule has 0 aromatic rings. The summed E-state index contributed by atoms with van der Waals surface area (Å²) in [6, 6.07) is 0. The first-order valence-electron chi connectivity index (χ1n) is 3.43. The van der Waals surface area contributed by atoms with E-state index in [4.69, 9.17) is 0 Å². The fraction of sp³-hybridized carbons (Fsp3) is 0.833. The maximum atomic E-state index is 12.5. The highest BCUT2D eigenvalue weighted by Gasteiger charge is 2.36. The van der Waals surface area contributed by atoms with Gasteiger partial charge < -0.3 is 0 Å². The molecule has 0 radical (unpaired) electrons. The van der Waals surface area contributed by atoms with Gasteiger partial charge >= 0.3 is 0 Å². The Bertz CT molecular complexity index is 293. The van der Waals surface area contributed by atoms with Gasteiger partial charge in [-0.1, -0.05) is 0 Å². The Hall–Kier alpha value is -0.720. The van der Waals surface area contributed by atoms with E-state index in [1.807, 2.05) is 0 Å². The van der Waals surface area contributed by atoms with Crippen LogP contribution in [0.1, 0.15) is 13.8 Å². The smallest absolute Gasteiger partial charge is 0.256 e. The number of halogens is 2. The first kappa shape index (κ1) is 12.3. The van der Waals surface area contributed by atoms with E-state index in [2.05, 4.69) is 0 Å². The van der Waals surface area contributed by atoms with Crippen molar-refractivity contribution in [2.45, 2.75) is 19.8 Å². The molecule has 78 valence electrons. The van der Waals surface area contributed by atoms with Gasteiger partial charge in [-0.05, 0) is 6.92 Å². The first-order chi connectivity index (χ1) is 5.54. The van der Waals surface area contributed by atoms with Crippen LogP contribution in [0.15, 0.2) is 0 Å². The number of hydrogen-bond acceptors (Lipinski definition) is 3. The summed E-state index contributed by atoms with van der Waals surface area (Å²) in [5.41, 5.74) is 0. The summed E-state index contributed by atoms with van der Waals surface area (Å²) in [5, 5.41) is 0. The van der Waals surface area contributed by atoms with Crippen LogP contribution in [0.25, 0.3) is 0 Å².